The van der Waals surface area contributed by atoms with Crippen molar-refractivity contribution in [3.05, 3.63) is 0 Å². The van der Waals surface area contributed by atoms with Gasteiger partial charge in [0.15, 0.2) is 0 Å². The number of rotatable bonds is 3. The zero-order chi connectivity index (χ0) is 13.3. The number of piperidine rings is 1. The standard InChI is InChI=1S/C15H31N3/c1-12(2)14-5-7-18(8-6-14)15(10-16)9-13(3)17(4)11-15/h12-14H,5-11,16H2,1-4H3. The molecule has 2 N–H and O–H groups in total. The van der Waals surface area contributed by atoms with Gasteiger partial charge in [0.2, 0.25) is 0 Å². The predicted molar refractivity (Wildman–Crippen MR) is 77.6 cm³/mol. The van der Waals surface area contributed by atoms with Crippen LogP contribution >= 0.6 is 0 Å². The molecule has 0 saturated carbocycles. The van der Waals surface area contributed by atoms with Crippen LogP contribution in [0.1, 0.15) is 40.0 Å². The molecule has 3 nitrogen and oxygen atoms in total. The average Bonchev–Trinajstić information content (AvgIpc) is 2.66. The highest BCUT2D eigenvalue weighted by Gasteiger charge is 2.44. The highest BCUT2D eigenvalue weighted by molar-refractivity contribution is 5.03. The molecule has 0 spiro atoms. The first-order chi connectivity index (χ1) is 8.48. The Morgan fingerprint density at radius 3 is 2.28 bits per heavy atom. The monoisotopic (exact) mass is 253 g/mol. The van der Waals surface area contributed by atoms with Crippen molar-refractivity contribution in [2.24, 2.45) is 17.6 Å². The summed E-state index contributed by atoms with van der Waals surface area (Å²) >= 11 is 0. The van der Waals surface area contributed by atoms with E-state index in [9.17, 15) is 0 Å². The van der Waals surface area contributed by atoms with Gasteiger partial charge in [-0.2, -0.15) is 0 Å². The lowest BCUT2D eigenvalue weighted by Gasteiger charge is -2.45. The predicted octanol–water partition coefficient (Wildman–Crippen LogP) is 1.78. The molecule has 0 bridgehead atoms. The SMILES string of the molecule is CC(C)C1CCN(C2(CN)CC(C)N(C)C2)CC1. The third-order valence-corrected chi connectivity index (χ3v) is 5.50. The molecule has 0 aromatic heterocycles. The largest absolute Gasteiger partial charge is 0.329 e. The maximum Gasteiger partial charge on any atom is 0.0473 e. The van der Waals surface area contributed by atoms with Crippen molar-refractivity contribution in [3.63, 3.8) is 0 Å². The van der Waals surface area contributed by atoms with Crippen LogP contribution in [0.15, 0.2) is 0 Å². The summed E-state index contributed by atoms with van der Waals surface area (Å²) in [6.45, 7) is 11.5. The molecule has 2 aliphatic rings. The first-order valence-corrected chi connectivity index (χ1v) is 7.64. The minimum atomic E-state index is 0.260. The molecular weight excluding hydrogens is 222 g/mol. The summed E-state index contributed by atoms with van der Waals surface area (Å²) in [6.07, 6.45) is 3.96. The van der Waals surface area contributed by atoms with Crippen molar-refractivity contribution < 1.29 is 0 Å². The van der Waals surface area contributed by atoms with Gasteiger partial charge < -0.3 is 10.6 Å². The fourth-order valence-electron chi connectivity index (χ4n) is 3.94. The normalized spacial score (nSPS) is 36.7. The molecular formula is C15H31N3. The molecule has 2 saturated heterocycles. The Balaban J connectivity index is 1.99. The van der Waals surface area contributed by atoms with E-state index in [0.717, 1.165) is 24.9 Å². The van der Waals surface area contributed by atoms with Gasteiger partial charge in [0.25, 0.3) is 0 Å². The van der Waals surface area contributed by atoms with E-state index in [0.29, 0.717) is 6.04 Å². The molecule has 0 aromatic carbocycles. The summed E-state index contributed by atoms with van der Waals surface area (Å²) in [6, 6.07) is 0.677. The quantitative estimate of drug-likeness (QED) is 0.832. The summed E-state index contributed by atoms with van der Waals surface area (Å²) in [5, 5.41) is 0. The molecule has 2 atom stereocenters. The average molecular weight is 253 g/mol. The van der Waals surface area contributed by atoms with Gasteiger partial charge in [-0.05, 0) is 58.2 Å². The molecule has 0 aliphatic carbocycles. The van der Waals surface area contributed by atoms with E-state index in [4.69, 9.17) is 5.73 Å². The van der Waals surface area contributed by atoms with E-state index in [2.05, 4.69) is 37.6 Å². The van der Waals surface area contributed by atoms with E-state index < -0.39 is 0 Å². The minimum absolute atomic E-state index is 0.260. The zero-order valence-corrected chi connectivity index (χ0v) is 12.7. The van der Waals surface area contributed by atoms with Crippen LogP contribution in [0.2, 0.25) is 0 Å². The van der Waals surface area contributed by atoms with Crippen LogP contribution in [0.25, 0.3) is 0 Å². The molecule has 2 rings (SSSR count). The Labute approximate surface area is 113 Å². The van der Waals surface area contributed by atoms with Crippen molar-refractivity contribution in [2.75, 3.05) is 33.2 Å². The second-order valence-electron chi connectivity index (χ2n) is 6.97. The Morgan fingerprint density at radius 2 is 1.89 bits per heavy atom. The van der Waals surface area contributed by atoms with Gasteiger partial charge in [0, 0.05) is 24.7 Å². The molecule has 2 unspecified atom stereocenters. The van der Waals surface area contributed by atoms with E-state index in [-0.39, 0.29) is 5.54 Å². The highest BCUT2D eigenvalue weighted by Crippen LogP contribution is 2.35. The molecule has 0 amide bonds. The smallest absolute Gasteiger partial charge is 0.0473 e. The Morgan fingerprint density at radius 1 is 1.28 bits per heavy atom. The van der Waals surface area contributed by atoms with Gasteiger partial charge in [-0.15, -0.1) is 0 Å². The van der Waals surface area contributed by atoms with Crippen LogP contribution in [0.3, 0.4) is 0 Å². The van der Waals surface area contributed by atoms with Gasteiger partial charge in [-0.3, -0.25) is 4.90 Å². The molecule has 3 heteroatoms. The van der Waals surface area contributed by atoms with Crippen molar-refractivity contribution in [2.45, 2.75) is 51.6 Å². The van der Waals surface area contributed by atoms with Crippen LogP contribution in [-0.2, 0) is 0 Å². The van der Waals surface area contributed by atoms with Crippen molar-refractivity contribution in [3.8, 4) is 0 Å². The number of likely N-dealkylation sites (N-methyl/N-ethyl adjacent to an activating group) is 1. The van der Waals surface area contributed by atoms with Gasteiger partial charge in [-0.1, -0.05) is 13.8 Å². The number of hydrogen-bond donors (Lipinski definition) is 1. The third kappa shape index (κ3) is 2.59. The number of nitrogens with two attached hydrogens (primary N) is 1. The van der Waals surface area contributed by atoms with Crippen LogP contribution in [0, 0.1) is 11.8 Å². The Hall–Kier alpha value is -0.120. The van der Waals surface area contributed by atoms with Gasteiger partial charge >= 0.3 is 0 Å². The van der Waals surface area contributed by atoms with Gasteiger partial charge in [0.1, 0.15) is 0 Å². The summed E-state index contributed by atoms with van der Waals surface area (Å²) in [5.74, 6) is 1.76. The van der Waals surface area contributed by atoms with Crippen LogP contribution in [-0.4, -0.2) is 54.6 Å². The second kappa shape index (κ2) is 5.48. The summed E-state index contributed by atoms with van der Waals surface area (Å²) in [4.78, 5) is 5.17. The van der Waals surface area contributed by atoms with Gasteiger partial charge in [0.05, 0.1) is 0 Å². The van der Waals surface area contributed by atoms with E-state index >= 15 is 0 Å². The van der Waals surface area contributed by atoms with E-state index in [1.807, 2.05) is 0 Å². The zero-order valence-electron chi connectivity index (χ0n) is 12.7. The highest BCUT2D eigenvalue weighted by atomic mass is 15.3. The fraction of sp³-hybridized carbons (Fsp3) is 1.00. The van der Waals surface area contributed by atoms with E-state index in [1.54, 1.807) is 0 Å². The van der Waals surface area contributed by atoms with Crippen molar-refractivity contribution in [1.29, 1.82) is 0 Å². The van der Waals surface area contributed by atoms with Crippen molar-refractivity contribution in [1.82, 2.24) is 9.80 Å². The number of likely N-dealkylation sites (tertiary alicyclic amines) is 2. The van der Waals surface area contributed by atoms with Crippen molar-refractivity contribution >= 4 is 0 Å². The maximum absolute atomic E-state index is 6.15. The molecule has 18 heavy (non-hydrogen) atoms. The van der Waals surface area contributed by atoms with Crippen LogP contribution < -0.4 is 5.73 Å². The Kier molecular flexibility index (Phi) is 4.35. The molecule has 0 radical (unpaired) electrons. The minimum Gasteiger partial charge on any atom is -0.329 e. The molecule has 2 heterocycles. The number of hydrogen-bond acceptors (Lipinski definition) is 3. The Bertz CT molecular complexity index is 259. The molecule has 0 aromatic rings. The van der Waals surface area contributed by atoms with Gasteiger partial charge in [-0.25, -0.2) is 0 Å². The van der Waals surface area contributed by atoms with Crippen LogP contribution in [0.4, 0.5) is 0 Å². The second-order valence-corrected chi connectivity index (χ2v) is 6.97. The summed E-state index contributed by atoms with van der Waals surface area (Å²) in [5.41, 5.74) is 6.41. The molecule has 106 valence electrons. The summed E-state index contributed by atoms with van der Waals surface area (Å²) in [7, 11) is 2.24. The third-order valence-electron chi connectivity index (χ3n) is 5.50. The summed E-state index contributed by atoms with van der Waals surface area (Å²) < 4.78 is 0. The van der Waals surface area contributed by atoms with Crippen LogP contribution in [0.5, 0.6) is 0 Å². The molecule has 2 fully saturated rings. The lowest BCUT2D eigenvalue weighted by Crippen LogP contribution is -2.57. The first-order valence-electron chi connectivity index (χ1n) is 7.64. The first kappa shape index (κ1) is 14.3. The lowest BCUT2D eigenvalue weighted by molar-refractivity contribution is 0.0521. The number of nitrogens with zero attached hydrogens (tertiary/aromatic N) is 2. The fourth-order valence-corrected chi connectivity index (χ4v) is 3.94. The molecule has 2 aliphatic heterocycles. The maximum atomic E-state index is 6.15. The topological polar surface area (TPSA) is 32.5 Å². The van der Waals surface area contributed by atoms with E-state index in [1.165, 1.54) is 32.4 Å². The lowest BCUT2D eigenvalue weighted by atomic mass is 9.83.